The Morgan fingerprint density at radius 3 is 2.54 bits per heavy atom. The standard InChI is InChI=1S/C9H18ClNO2/c1-5-11-8(12)7(10)6-9(2,3)13-4/h7H,5-6H2,1-4H3,(H,11,12). The molecule has 0 radical (unpaired) electrons. The van der Waals surface area contributed by atoms with Crippen LogP contribution in [-0.2, 0) is 9.53 Å². The predicted octanol–water partition coefficient (Wildman–Crippen LogP) is 1.54. The van der Waals surface area contributed by atoms with E-state index in [4.69, 9.17) is 16.3 Å². The lowest BCUT2D eigenvalue weighted by atomic mass is 10.0. The van der Waals surface area contributed by atoms with E-state index in [0.717, 1.165) is 0 Å². The number of rotatable bonds is 5. The summed E-state index contributed by atoms with van der Waals surface area (Å²) in [6.45, 7) is 6.28. The Balaban J connectivity index is 3.99. The lowest BCUT2D eigenvalue weighted by Crippen LogP contribution is -2.37. The molecule has 1 amide bonds. The van der Waals surface area contributed by atoms with Crippen molar-refractivity contribution in [1.82, 2.24) is 5.32 Å². The highest BCUT2D eigenvalue weighted by atomic mass is 35.5. The van der Waals surface area contributed by atoms with Crippen LogP contribution >= 0.6 is 11.6 Å². The summed E-state index contributed by atoms with van der Waals surface area (Å²) < 4.78 is 5.17. The molecule has 0 fully saturated rings. The first kappa shape index (κ1) is 12.7. The van der Waals surface area contributed by atoms with Crippen molar-refractivity contribution < 1.29 is 9.53 Å². The topological polar surface area (TPSA) is 38.3 Å². The predicted molar refractivity (Wildman–Crippen MR) is 54.0 cm³/mol. The van der Waals surface area contributed by atoms with E-state index < -0.39 is 5.38 Å². The highest BCUT2D eigenvalue weighted by molar-refractivity contribution is 6.30. The number of hydrogen-bond donors (Lipinski definition) is 1. The summed E-state index contributed by atoms with van der Waals surface area (Å²) in [5, 5.41) is 2.15. The van der Waals surface area contributed by atoms with Gasteiger partial charge in [-0.1, -0.05) is 0 Å². The number of methoxy groups -OCH3 is 1. The third kappa shape index (κ3) is 5.11. The first-order valence-electron chi connectivity index (χ1n) is 4.40. The molecule has 0 aliphatic rings. The van der Waals surface area contributed by atoms with Gasteiger partial charge in [0.25, 0.3) is 0 Å². The first-order valence-corrected chi connectivity index (χ1v) is 4.83. The Labute approximate surface area is 84.8 Å². The van der Waals surface area contributed by atoms with Gasteiger partial charge in [-0.2, -0.15) is 0 Å². The summed E-state index contributed by atoms with van der Waals surface area (Å²) in [6, 6.07) is 0. The van der Waals surface area contributed by atoms with Gasteiger partial charge in [0.1, 0.15) is 5.38 Å². The van der Waals surface area contributed by atoms with Gasteiger partial charge in [-0.25, -0.2) is 0 Å². The van der Waals surface area contributed by atoms with Crippen LogP contribution in [0, 0.1) is 0 Å². The molecule has 78 valence electrons. The highest BCUT2D eigenvalue weighted by Crippen LogP contribution is 2.18. The molecule has 0 saturated heterocycles. The van der Waals surface area contributed by atoms with E-state index in [-0.39, 0.29) is 11.5 Å². The van der Waals surface area contributed by atoms with Gasteiger partial charge >= 0.3 is 0 Å². The van der Waals surface area contributed by atoms with Gasteiger partial charge in [0.2, 0.25) is 5.91 Å². The monoisotopic (exact) mass is 207 g/mol. The maximum atomic E-state index is 11.2. The van der Waals surface area contributed by atoms with Crippen LogP contribution in [0.2, 0.25) is 0 Å². The minimum Gasteiger partial charge on any atom is -0.379 e. The Kier molecular flexibility index (Phi) is 5.33. The largest absolute Gasteiger partial charge is 0.379 e. The average Bonchev–Trinajstić information content (AvgIpc) is 2.04. The average molecular weight is 208 g/mol. The number of hydrogen-bond acceptors (Lipinski definition) is 2. The molecular weight excluding hydrogens is 190 g/mol. The van der Waals surface area contributed by atoms with Gasteiger partial charge in [-0.05, 0) is 20.8 Å². The molecule has 13 heavy (non-hydrogen) atoms. The van der Waals surface area contributed by atoms with Crippen LogP contribution in [0.25, 0.3) is 0 Å². The minimum atomic E-state index is -0.519. The molecule has 0 spiro atoms. The van der Waals surface area contributed by atoms with Crippen molar-refractivity contribution in [2.45, 2.75) is 38.2 Å². The van der Waals surface area contributed by atoms with E-state index in [2.05, 4.69) is 5.32 Å². The molecule has 0 aliphatic carbocycles. The second-order valence-electron chi connectivity index (χ2n) is 3.53. The summed E-state index contributed by atoms with van der Waals surface area (Å²) in [5.74, 6) is -0.130. The van der Waals surface area contributed by atoms with Crippen molar-refractivity contribution in [3.8, 4) is 0 Å². The molecule has 1 unspecified atom stereocenters. The molecule has 0 aromatic carbocycles. The van der Waals surface area contributed by atoms with Crippen LogP contribution in [-0.4, -0.2) is 30.5 Å². The Hall–Kier alpha value is -0.280. The third-order valence-corrected chi connectivity index (χ3v) is 2.21. The molecule has 0 aromatic rings. The summed E-state index contributed by atoms with van der Waals surface area (Å²) in [4.78, 5) is 11.2. The molecule has 0 aromatic heterocycles. The van der Waals surface area contributed by atoms with Crippen LogP contribution in [0.5, 0.6) is 0 Å². The van der Waals surface area contributed by atoms with E-state index in [9.17, 15) is 4.79 Å². The Morgan fingerprint density at radius 2 is 2.15 bits per heavy atom. The molecule has 0 saturated carbocycles. The second-order valence-corrected chi connectivity index (χ2v) is 4.06. The van der Waals surface area contributed by atoms with Crippen molar-refractivity contribution in [1.29, 1.82) is 0 Å². The van der Waals surface area contributed by atoms with Gasteiger partial charge in [-0.3, -0.25) is 4.79 Å². The van der Waals surface area contributed by atoms with E-state index in [0.29, 0.717) is 13.0 Å². The first-order chi connectivity index (χ1) is 5.93. The van der Waals surface area contributed by atoms with Crippen LogP contribution in [0.4, 0.5) is 0 Å². The lowest BCUT2D eigenvalue weighted by Gasteiger charge is -2.24. The fraction of sp³-hybridized carbons (Fsp3) is 0.889. The fourth-order valence-electron chi connectivity index (χ4n) is 0.893. The molecule has 0 aliphatic heterocycles. The highest BCUT2D eigenvalue weighted by Gasteiger charge is 2.25. The van der Waals surface area contributed by atoms with E-state index >= 15 is 0 Å². The van der Waals surface area contributed by atoms with E-state index in [1.807, 2.05) is 20.8 Å². The van der Waals surface area contributed by atoms with Crippen molar-refractivity contribution in [3.63, 3.8) is 0 Å². The molecular formula is C9H18ClNO2. The van der Waals surface area contributed by atoms with E-state index in [1.54, 1.807) is 7.11 Å². The summed E-state index contributed by atoms with van der Waals surface area (Å²) in [5.41, 5.74) is -0.350. The van der Waals surface area contributed by atoms with Crippen molar-refractivity contribution in [2.75, 3.05) is 13.7 Å². The Bertz CT molecular complexity index is 171. The Morgan fingerprint density at radius 1 is 1.62 bits per heavy atom. The SMILES string of the molecule is CCNC(=O)C(Cl)CC(C)(C)OC. The fourth-order valence-corrected chi connectivity index (χ4v) is 1.34. The summed E-state index contributed by atoms with van der Waals surface area (Å²) >= 11 is 5.88. The normalized spacial score (nSPS) is 13.9. The number of carbonyl (C=O) groups is 1. The summed E-state index contributed by atoms with van der Waals surface area (Å²) in [7, 11) is 1.61. The van der Waals surface area contributed by atoms with Crippen LogP contribution in [0.1, 0.15) is 27.2 Å². The molecule has 3 nitrogen and oxygen atoms in total. The number of alkyl halides is 1. The zero-order valence-corrected chi connectivity index (χ0v) is 9.44. The summed E-state index contributed by atoms with van der Waals surface area (Å²) in [6.07, 6.45) is 0.511. The van der Waals surface area contributed by atoms with Crippen molar-refractivity contribution >= 4 is 17.5 Å². The second kappa shape index (κ2) is 5.45. The van der Waals surface area contributed by atoms with Crippen LogP contribution in [0.15, 0.2) is 0 Å². The minimum absolute atomic E-state index is 0.130. The maximum Gasteiger partial charge on any atom is 0.238 e. The quantitative estimate of drug-likeness (QED) is 0.695. The molecule has 1 atom stereocenters. The maximum absolute atomic E-state index is 11.2. The van der Waals surface area contributed by atoms with Gasteiger partial charge in [-0.15, -0.1) is 11.6 Å². The van der Waals surface area contributed by atoms with Crippen molar-refractivity contribution in [2.24, 2.45) is 0 Å². The lowest BCUT2D eigenvalue weighted by molar-refractivity contribution is -0.122. The molecule has 1 N–H and O–H groups in total. The number of amides is 1. The van der Waals surface area contributed by atoms with Gasteiger partial charge in [0.15, 0.2) is 0 Å². The van der Waals surface area contributed by atoms with Crippen LogP contribution in [0.3, 0.4) is 0 Å². The zero-order valence-electron chi connectivity index (χ0n) is 8.69. The number of carbonyl (C=O) groups excluding carboxylic acids is 1. The molecule has 0 rings (SSSR count). The molecule has 0 bridgehead atoms. The number of nitrogens with one attached hydrogen (secondary N) is 1. The third-order valence-electron chi connectivity index (χ3n) is 1.86. The number of halogens is 1. The smallest absolute Gasteiger partial charge is 0.238 e. The van der Waals surface area contributed by atoms with Gasteiger partial charge in [0.05, 0.1) is 5.60 Å². The zero-order chi connectivity index (χ0) is 10.5. The molecule has 4 heteroatoms. The van der Waals surface area contributed by atoms with E-state index in [1.165, 1.54) is 0 Å². The van der Waals surface area contributed by atoms with Crippen LogP contribution < -0.4 is 5.32 Å². The number of ether oxygens (including phenoxy) is 1. The molecule has 0 heterocycles. The van der Waals surface area contributed by atoms with Gasteiger partial charge in [0, 0.05) is 20.1 Å². The van der Waals surface area contributed by atoms with Crippen molar-refractivity contribution in [3.05, 3.63) is 0 Å². The van der Waals surface area contributed by atoms with Gasteiger partial charge < -0.3 is 10.1 Å².